The first-order valence-electron chi connectivity index (χ1n) is 5.88. The number of pyridine rings is 1. The van der Waals surface area contributed by atoms with Crippen molar-refractivity contribution in [1.29, 1.82) is 0 Å². The molecule has 0 unspecified atom stereocenters. The van der Waals surface area contributed by atoms with E-state index in [2.05, 4.69) is 15.6 Å². The van der Waals surface area contributed by atoms with Crippen molar-refractivity contribution in [1.82, 2.24) is 15.2 Å². The fourth-order valence-corrected chi connectivity index (χ4v) is 1.77. The third kappa shape index (κ3) is 4.36. The van der Waals surface area contributed by atoms with Gasteiger partial charge in [0.25, 0.3) is 0 Å². The van der Waals surface area contributed by atoms with Crippen LogP contribution in [0.5, 0.6) is 0 Å². The number of amides is 2. The standard InChI is InChI=1S/C12H19N5OS/c1-8-4-5-14-11(9(8)10(13)19)15-6-7-16-12(18)17(2)3/h4-5H,6-7H2,1-3H3,(H2,13,19)(H,14,15)(H,16,18). The van der Waals surface area contributed by atoms with Gasteiger partial charge in [0.2, 0.25) is 0 Å². The summed E-state index contributed by atoms with van der Waals surface area (Å²) in [6.45, 7) is 2.96. The smallest absolute Gasteiger partial charge is 0.316 e. The van der Waals surface area contributed by atoms with Crippen molar-refractivity contribution in [2.75, 3.05) is 32.5 Å². The highest BCUT2D eigenvalue weighted by Gasteiger charge is 2.09. The molecule has 19 heavy (non-hydrogen) atoms. The van der Waals surface area contributed by atoms with Gasteiger partial charge in [-0.05, 0) is 18.6 Å². The number of nitrogens with one attached hydrogen (secondary N) is 2. The van der Waals surface area contributed by atoms with E-state index in [4.69, 9.17) is 18.0 Å². The molecule has 0 saturated heterocycles. The van der Waals surface area contributed by atoms with Crippen LogP contribution in [-0.2, 0) is 0 Å². The molecule has 0 fully saturated rings. The molecule has 0 spiro atoms. The van der Waals surface area contributed by atoms with Gasteiger partial charge in [0.1, 0.15) is 10.8 Å². The van der Waals surface area contributed by atoms with Crippen molar-refractivity contribution in [2.45, 2.75) is 6.92 Å². The number of nitrogens with two attached hydrogens (primary N) is 1. The SMILES string of the molecule is Cc1ccnc(NCCNC(=O)N(C)C)c1C(N)=S. The zero-order valence-corrected chi connectivity index (χ0v) is 12.2. The molecule has 0 radical (unpaired) electrons. The number of aromatic nitrogens is 1. The van der Waals surface area contributed by atoms with Crippen LogP contribution >= 0.6 is 12.2 Å². The zero-order chi connectivity index (χ0) is 14.4. The van der Waals surface area contributed by atoms with Crippen LogP contribution in [0.15, 0.2) is 12.3 Å². The summed E-state index contributed by atoms with van der Waals surface area (Å²) in [6.07, 6.45) is 1.69. The molecule has 2 amide bonds. The molecule has 1 aromatic heterocycles. The summed E-state index contributed by atoms with van der Waals surface area (Å²) >= 11 is 5.01. The minimum absolute atomic E-state index is 0.131. The van der Waals surface area contributed by atoms with Crippen molar-refractivity contribution in [3.05, 3.63) is 23.4 Å². The van der Waals surface area contributed by atoms with Gasteiger partial charge in [0.15, 0.2) is 0 Å². The predicted molar refractivity (Wildman–Crippen MR) is 80.4 cm³/mol. The van der Waals surface area contributed by atoms with E-state index < -0.39 is 0 Å². The number of hydrogen-bond donors (Lipinski definition) is 3. The molecule has 104 valence electrons. The Morgan fingerprint density at radius 1 is 1.47 bits per heavy atom. The number of anilines is 1. The van der Waals surface area contributed by atoms with E-state index in [-0.39, 0.29) is 6.03 Å². The van der Waals surface area contributed by atoms with Gasteiger partial charge in [-0.1, -0.05) is 12.2 Å². The summed E-state index contributed by atoms with van der Waals surface area (Å²) in [6, 6.07) is 1.72. The number of nitrogens with zero attached hydrogens (tertiary/aromatic N) is 2. The van der Waals surface area contributed by atoms with Crippen molar-refractivity contribution >= 4 is 29.1 Å². The van der Waals surface area contributed by atoms with E-state index in [0.29, 0.717) is 23.9 Å². The topological polar surface area (TPSA) is 83.3 Å². The van der Waals surface area contributed by atoms with Gasteiger partial charge < -0.3 is 21.3 Å². The summed E-state index contributed by atoms with van der Waals surface area (Å²) in [4.78, 5) is 17.3. The van der Waals surface area contributed by atoms with Crippen LogP contribution in [0.3, 0.4) is 0 Å². The molecule has 1 aromatic rings. The zero-order valence-electron chi connectivity index (χ0n) is 11.4. The highest BCUT2D eigenvalue weighted by molar-refractivity contribution is 7.80. The highest BCUT2D eigenvalue weighted by atomic mass is 32.1. The molecule has 0 bridgehead atoms. The van der Waals surface area contributed by atoms with Crippen LogP contribution < -0.4 is 16.4 Å². The molecule has 0 aliphatic heterocycles. The molecule has 0 atom stereocenters. The maximum absolute atomic E-state index is 11.3. The third-order valence-electron chi connectivity index (χ3n) is 2.51. The Morgan fingerprint density at radius 3 is 2.74 bits per heavy atom. The second-order valence-electron chi connectivity index (χ2n) is 4.27. The Balaban J connectivity index is 2.57. The van der Waals surface area contributed by atoms with E-state index in [1.54, 1.807) is 20.3 Å². The van der Waals surface area contributed by atoms with Gasteiger partial charge in [0, 0.05) is 33.4 Å². The van der Waals surface area contributed by atoms with Crippen molar-refractivity contribution in [3.63, 3.8) is 0 Å². The lowest BCUT2D eigenvalue weighted by molar-refractivity contribution is 0.218. The summed E-state index contributed by atoms with van der Waals surface area (Å²) in [5.74, 6) is 0.645. The normalized spacial score (nSPS) is 9.84. The van der Waals surface area contributed by atoms with Crippen LogP contribution in [0, 0.1) is 6.92 Å². The first kappa shape index (κ1) is 15.2. The van der Waals surface area contributed by atoms with Gasteiger partial charge >= 0.3 is 6.03 Å². The number of rotatable bonds is 5. The van der Waals surface area contributed by atoms with Gasteiger partial charge in [-0.15, -0.1) is 0 Å². The Kier molecular flexibility index (Phi) is 5.50. The van der Waals surface area contributed by atoms with Crippen LogP contribution in [0.2, 0.25) is 0 Å². The van der Waals surface area contributed by atoms with Crippen molar-refractivity contribution in [2.24, 2.45) is 5.73 Å². The molecule has 6 nitrogen and oxygen atoms in total. The second-order valence-corrected chi connectivity index (χ2v) is 4.71. The highest BCUT2D eigenvalue weighted by Crippen LogP contribution is 2.15. The lowest BCUT2D eigenvalue weighted by Crippen LogP contribution is -2.37. The van der Waals surface area contributed by atoms with Crippen LogP contribution in [0.4, 0.5) is 10.6 Å². The minimum Gasteiger partial charge on any atom is -0.389 e. The molecule has 0 saturated carbocycles. The molecule has 7 heteroatoms. The largest absolute Gasteiger partial charge is 0.389 e. The summed E-state index contributed by atoms with van der Waals surface area (Å²) in [5.41, 5.74) is 7.40. The van der Waals surface area contributed by atoms with Crippen LogP contribution in [-0.4, -0.2) is 48.1 Å². The summed E-state index contributed by atoms with van der Waals surface area (Å²) in [7, 11) is 3.38. The molecule has 1 heterocycles. The first-order valence-corrected chi connectivity index (χ1v) is 6.28. The number of carbonyl (C=O) groups is 1. The maximum atomic E-state index is 11.3. The Hall–Kier alpha value is -1.89. The number of thiocarbonyl (C=S) groups is 1. The lowest BCUT2D eigenvalue weighted by atomic mass is 10.1. The van der Waals surface area contributed by atoms with E-state index in [0.717, 1.165) is 11.1 Å². The molecule has 4 N–H and O–H groups in total. The Labute approximate surface area is 118 Å². The fraction of sp³-hybridized carbons (Fsp3) is 0.417. The van der Waals surface area contributed by atoms with Crippen LogP contribution in [0.1, 0.15) is 11.1 Å². The summed E-state index contributed by atoms with van der Waals surface area (Å²) in [5, 5.41) is 5.87. The molecule has 1 rings (SSSR count). The molecular formula is C12H19N5OS. The van der Waals surface area contributed by atoms with E-state index >= 15 is 0 Å². The molecule has 0 aromatic carbocycles. The van der Waals surface area contributed by atoms with Gasteiger partial charge in [-0.2, -0.15) is 0 Å². The molecule has 0 aliphatic rings. The first-order chi connectivity index (χ1) is 8.93. The number of aryl methyl sites for hydroxylation is 1. The maximum Gasteiger partial charge on any atom is 0.316 e. The number of carbonyl (C=O) groups excluding carboxylic acids is 1. The van der Waals surface area contributed by atoms with Crippen LogP contribution in [0.25, 0.3) is 0 Å². The van der Waals surface area contributed by atoms with Gasteiger partial charge in [-0.3, -0.25) is 0 Å². The molecular weight excluding hydrogens is 262 g/mol. The van der Waals surface area contributed by atoms with Crippen molar-refractivity contribution in [3.8, 4) is 0 Å². The second kappa shape index (κ2) is 6.89. The van der Waals surface area contributed by atoms with Gasteiger partial charge in [0.05, 0.1) is 5.56 Å². The van der Waals surface area contributed by atoms with Crippen molar-refractivity contribution < 1.29 is 4.79 Å². The monoisotopic (exact) mass is 281 g/mol. The third-order valence-corrected chi connectivity index (χ3v) is 2.71. The quantitative estimate of drug-likeness (QED) is 0.547. The average Bonchev–Trinajstić information content (AvgIpc) is 2.33. The Morgan fingerprint density at radius 2 is 2.16 bits per heavy atom. The van der Waals surface area contributed by atoms with E-state index in [9.17, 15) is 4.79 Å². The minimum atomic E-state index is -0.131. The fourth-order valence-electron chi connectivity index (χ4n) is 1.51. The predicted octanol–water partition coefficient (Wildman–Crippen LogP) is 0.707. The number of urea groups is 1. The van der Waals surface area contributed by atoms with Gasteiger partial charge in [-0.25, -0.2) is 9.78 Å². The number of hydrogen-bond acceptors (Lipinski definition) is 4. The lowest BCUT2D eigenvalue weighted by Gasteiger charge is -2.14. The van der Waals surface area contributed by atoms with E-state index in [1.807, 2.05) is 13.0 Å². The Bertz CT molecular complexity index is 475. The average molecular weight is 281 g/mol. The summed E-state index contributed by atoms with van der Waals surface area (Å²) < 4.78 is 0. The van der Waals surface area contributed by atoms with E-state index in [1.165, 1.54) is 4.90 Å². The molecule has 0 aliphatic carbocycles.